The van der Waals surface area contributed by atoms with Gasteiger partial charge in [-0.05, 0) is 35.7 Å². The van der Waals surface area contributed by atoms with Crippen molar-refractivity contribution in [3.8, 4) is 5.75 Å². The van der Waals surface area contributed by atoms with Crippen LogP contribution in [0.3, 0.4) is 0 Å². The van der Waals surface area contributed by atoms with Crippen molar-refractivity contribution in [2.24, 2.45) is 0 Å². The number of nitrogens with zero attached hydrogens (tertiary/aromatic N) is 1. The van der Waals surface area contributed by atoms with Gasteiger partial charge in [-0.25, -0.2) is 0 Å². The Bertz CT molecular complexity index is 764. The number of ether oxygens (including phenoxy) is 1. The minimum Gasteiger partial charge on any atom is -0.496 e. The van der Waals surface area contributed by atoms with Gasteiger partial charge in [-0.1, -0.05) is 24.3 Å². The van der Waals surface area contributed by atoms with Crippen molar-refractivity contribution in [2.75, 3.05) is 20.2 Å². The van der Waals surface area contributed by atoms with E-state index in [1.54, 1.807) is 14.0 Å². The molecule has 1 aliphatic heterocycles. The van der Waals surface area contributed by atoms with Gasteiger partial charge in [0.25, 0.3) is 5.91 Å². The molecule has 0 aliphatic carbocycles. The van der Waals surface area contributed by atoms with Gasteiger partial charge in [0.05, 0.1) is 12.7 Å². The van der Waals surface area contributed by atoms with E-state index in [9.17, 15) is 9.59 Å². The highest BCUT2D eigenvalue weighted by molar-refractivity contribution is 6.01. The standard InChI is InChI=1S/C19H22N2O3/c1-13(22)21-9-7-16(8-10-21)20-19(23)17-11-14-5-3-4-6-15(14)12-18(17)24-2/h3-6,11-12,16H,7-10H2,1-2H3,(H,20,23). The van der Waals surface area contributed by atoms with Crippen LogP contribution < -0.4 is 10.1 Å². The smallest absolute Gasteiger partial charge is 0.255 e. The Labute approximate surface area is 141 Å². The van der Waals surface area contributed by atoms with Crippen LogP contribution in [0.15, 0.2) is 36.4 Å². The summed E-state index contributed by atoms with van der Waals surface area (Å²) in [5.41, 5.74) is 0.546. The van der Waals surface area contributed by atoms with Crippen molar-refractivity contribution in [3.63, 3.8) is 0 Å². The Morgan fingerprint density at radius 2 is 1.75 bits per heavy atom. The SMILES string of the molecule is COc1cc2ccccc2cc1C(=O)NC1CCN(C(C)=O)CC1. The lowest BCUT2D eigenvalue weighted by atomic mass is 10.0. The summed E-state index contributed by atoms with van der Waals surface area (Å²) < 4.78 is 5.40. The lowest BCUT2D eigenvalue weighted by Gasteiger charge is -2.31. The van der Waals surface area contributed by atoms with Gasteiger partial charge < -0.3 is 15.0 Å². The first kappa shape index (κ1) is 16.3. The third kappa shape index (κ3) is 3.35. The number of carbonyl (C=O) groups is 2. The zero-order valence-corrected chi connectivity index (χ0v) is 14.0. The quantitative estimate of drug-likeness (QED) is 0.943. The van der Waals surface area contributed by atoms with Crippen LogP contribution in [0.25, 0.3) is 10.8 Å². The Hall–Kier alpha value is -2.56. The Morgan fingerprint density at radius 3 is 2.33 bits per heavy atom. The number of nitrogens with one attached hydrogen (secondary N) is 1. The molecule has 2 aromatic carbocycles. The molecule has 0 unspecified atom stereocenters. The van der Waals surface area contributed by atoms with E-state index >= 15 is 0 Å². The lowest BCUT2D eigenvalue weighted by Crippen LogP contribution is -2.46. The summed E-state index contributed by atoms with van der Waals surface area (Å²) in [5.74, 6) is 0.544. The molecule has 2 amide bonds. The number of methoxy groups -OCH3 is 1. The predicted molar refractivity (Wildman–Crippen MR) is 93.2 cm³/mol. The van der Waals surface area contributed by atoms with Gasteiger partial charge in [0, 0.05) is 26.1 Å². The van der Waals surface area contributed by atoms with Gasteiger partial charge in [-0.3, -0.25) is 9.59 Å². The van der Waals surface area contributed by atoms with Crippen molar-refractivity contribution in [2.45, 2.75) is 25.8 Å². The second-order valence-electron chi connectivity index (χ2n) is 6.15. The number of fused-ring (bicyclic) bond motifs is 1. The molecule has 2 aromatic rings. The van der Waals surface area contributed by atoms with Gasteiger partial charge in [0.2, 0.25) is 5.91 Å². The molecule has 1 fully saturated rings. The highest BCUT2D eigenvalue weighted by Crippen LogP contribution is 2.26. The van der Waals surface area contributed by atoms with Crippen LogP contribution >= 0.6 is 0 Å². The zero-order valence-electron chi connectivity index (χ0n) is 14.0. The number of carbonyl (C=O) groups excluding carboxylic acids is 2. The molecular weight excluding hydrogens is 304 g/mol. The molecule has 3 rings (SSSR count). The van der Waals surface area contributed by atoms with Crippen molar-refractivity contribution in [1.29, 1.82) is 0 Å². The maximum atomic E-state index is 12.7. The number of benzene rings is 2. The van der Waals surface area contributed by atoms with E-state index in [1.165, 1.54) is 0 Å². The molecule has 5 heteroatoms. The topological polar surface area (TPSA) is 58.6 Å². The molecule has 0 saturated carbocycles. The number of piperidine rings is 1. The summed E-state index contributed by atoms with van der Waals surface area (Å²) in [6.07, 6.45) is 1.56. The van der Waals surface area contributed by atoms with E-state index in [4.69, 9.17) is 4.74 Å². The van der Waals surface area contributed by atoms with Gasteiger partial charge >= 0.3 is 0 Å². The average molecular weight is 326 g/mol. The maximum absolute atomic E-state index is 12.7. The van der Waals surface area contributed by atoms with Crippen molar-refractivity contribution >= 4 is 22.6 Å². The van der Waals surface area contributed by atoms with Crippen LogP contribution in [-0.4, -0.2) is 43.0 Å². The highest BCUT2D eigenvalue weighted by Gasteiger charge is 2.23. The molecule has 126 valence electrons. The van der Waals surface area contributed by atoms with E-state index in [2.05, 4.69) is 5.32 Å². The Kier molecular flexibility index (Phi) is 4.69. The first-order valence-electron chi connectivity index (χ1n) is 8.21. The molecule has 1 saturated heterocycles. The largest absolute Gasteiger partial charge is 0.496 e. The first-order valence-corrected chi connectivity index (χ1v) is 8.21. The van der Waals surface area contributed by atoms with Crippen LogP contribution in [0.4, 0.5) is 0 Å². The predicted octanol–water partition coefficient (Wildman–Crippen LogP) is 2.59. The monoisotopic (exact) mass is 326 g/mol. The van der Waals surface area contributed by atoms with Crippen LogP contribution in [-0.2, 0) is 4.79 Å². The van der Waals surface area contributed by atoms with Gasteiger partial charge in [-0.2, -0.15) is 0 Å². The van der Waals surface area contributed by atoms with Crippen LogP contribution in [0.5, 0.6) is 5.75 Å². The van der Waals surface area contributed by atoms with E-state index in [0.29, 0.717) is 24.4 Å². The van der Waals surface area contributed by atoms with E-state index in [0.717, 1.165) is 23.6 Å². The van der Waals surface area contributed by atoms with Crippen molar-refractivity contribution in [1.82, 2.24) is 10.2 Å². The Balaban J connectivity index is 1.75. The van der Waals surface area contributed by atoms with Crippen LogP contribution in [0, 0.1) is 0 Å². The fraction of sp³-hybridized carbons (Fsp3) is 0.368. The zero-order chi connectivity index (χ0) is 17.1. The first-order chi connectivity index (χ1) is 11.6. The molecule has 5 nitrogen and oxygen atoms in total. The summed E-state index contributed by atoms with van der Waals surface area (Å²) in [6.45, 7) is 2.96. The van der Waals surface area contributed by atoms with Crippen molar-refractivity contribution < 1.29 is 14.3 Å². The van der Waals surface area contributed by atoms with Gasteiger partial charge in [0.15, 0.2) is 0 Å². The average Bonchev–Trinajstić information content (AvgIpc) is 2.61. The molecule has 0 atom stereocenters. The summed E-state index contributed by atoms with van der Waals surface area (Å²) in [4.78, 5) is 25.9. The number of hydrogen-bond acceptors (Lipinski definition) is 3. The van der Waals surface area contributed by atoms with Gasteiger partial charge in [0.1, 0.15) is 5.75 Å². The van der Waals surface area contributed by atoms with Crippen LogP contribution in [0.2, 0.25) is 0 Å². The second-order valence-corrected chi connectivity index (χ2v) is 6.15. The van der Waals surface area contributed by atoms with E-state index < -0.39 is 0 Å². The summed E-state index contributed by atoms with van der Waals surface area (Å²) in [7, 11) is 1.58. The molecule has 24 heavy (non-hydrogen) atoms. The molecule has 0 spiro atoms. The number of likely N-dealkylation sites (tertiary alicyclic amines) is 1. The van der Waals surface area contributed by atoms with Crippen LogP contribution in [0.1, 0.15) is 30.1 Å². The van der Waals surface area contributed by atoms with Crippen molar-refractivity contribution in [3.05, 3.63) is 42.0 Å². The highest BCUT2D eigenvalue weighted by atomic mass is 16.5. The fourth-order valence-corrected chi connectivity index (χ4v) is 3.17. The fourth-order valence-electron chi connectivity index (χ4n) is 3.17. The van der Waals surface area contributed by atoms with E-state index in [-0.39, 0.29) is 17.9 Å². The molecule has 0 radical (unpaired) electrons. The number of amides is 2. The van der Waals surface area contributed by atoms with E-state index in [1.807, 2.05) is 41.3 Å². The molecular formula is C19H22N2O3. The summed E-state index contributed by atoms with van der Waals surface area (Å²) in [5, 5.41) is 5.13. The summed E-state index contributed by atoms with van der Waals surface area (Å²) >= 11 is 0. The molecule has 0 aromatic heterocycles. The maximum Gasteiger partial charge on any atom is 0.255 e. The lowest BCUT2D eigenvalue weighted by molar-refractivity contribution is -0.129. The van der Waals surface area contributed by atoms with Gasteiger partial charge in [-0.15, -0.1) is 0 Å². The molecule has 1 heterocycles. The Morgan fingerprint density at radius 1 is 1.12 bits per heavy atom. The molecule has 1 aliphatic rings. The minimum absolute atomic E-state index is 0.0873. The number of hydrogen-bond donors (Lipinski definition) is 1. The molecule has 1 N–H and O–H groups in total. The normalized spacial score (nSPS) is 15.3. The minimum atomic E-state index is -0.126. The third-order valence-electron chi connectivity index (χ3n) is 4.59. The summed E-state index contributed by atoms with van der Waals surface area (Å²) in [6, 6.07) is 11.7. The number of rotatable bonds is 3. The third-order valence-corrected chi connectivity index (χ3v) is 4.59. The molecule has 0 bridgehead atoms. The second kappa shape index (κ2) is 6.91.